The number of carbonyl (C=O) groups excluding carboxylic acids is 1. The van der Waals surface area contributed by atoms with Crippen LogP contribution in [0.25, 0.3) is 0 Å². The molecule has 0 unspecified atom stereocenters. The van der Waals surface area contributed by atoms with E-state index in [2.05, 4.69) is 43.5 Å². The van der Waals surface area contributed by atoms with E-state index in [1.807, 2.05) is 30.1 Å². The minimum absolute atomic E-state index is 0.0554. The Morgan fingerprint density at radius 1 is 1.24 bits per heavy atom. The molecule has 1 aromatic carbocycles. The third-order valence-electron chi connectivity index (χ3n) is 9.16. The van der Waals surface area contributed by atoms with Crippen LogP contribution in [-0.2, 0) is 15.7 Å². The zero-order chi connectivity index (χ0) is 23.2. The Kier molecular flexibility index (Phi) is 6.25. The maximum absolute atomic E-state index is 13.2. The number of piperidine rings is 1. The molecule has 180 valence electrons. The van der Waals surface area contributed by atoms with Gasteiger partial charge in [-0.25, -0.2) is 4.79 Å². The Balaban J connectivity index is 1.29. The normalized spacial score (nSPS) is 35.3. The van der Waals surface area contributed by atoms with E-state index < -0.39 is 7.12 Å². The van der Waals surface area contributed by atoms with Crippen LogP contribution in [0.4, 0.5) is 4.79 Å². The molecule has 6 nitrogen and oxygen atoms in total. The Morgan fingerprint density at radius 3 is 2.73 bits per heavy atom. The van der Waals surface area contributed by atoms with E-state index in [-0.39, 0.29) is 23.7 Å². The Bertz CT molecular complexity index is 846. The summed E-state index contributed by atoms with van der Waals surface area (Å²) in [5.74, 6) is 0.982. The molecule has 2 aliphatic heterocycles. The zero-order valence-electron chi connectivity index (χ0n) is 20.7. The van der Waals surface area contributed by atoms with Crippen molar-refractivity contribution in [3.05, 3.63) is 35.9 Å². The van der Waals surface area contributed by atoms with Crippen LogP contribution in [0.15, 0.2) is 30.3 Å². The van der Waals surface area contributed by atoms with Crippen LogP contribution >= 0.6 is 0 Å². The van der Waals surface area contributed by atoms with Crippen LogP contribution in [0, 0.1) is 17.3 Å². The van der Waals surface area contributed by atoms with Crippen molar-refractivity contribution >= 4 is 13.1 Å². The summed E-state index contributed by atoms with van der Waals surface area (Å²) in [7, 11) is 1.46. The van der Waals surface area contributed by atoms with Gasteiger partial charge in [-0.05, 0) is 68.4 Å². The highest BCUT2D eigenvalue weighted by atomic mass is 16.7. The van der Waals surface area contributed by atoms with Crippen molar-refractivity contribution in [2.24, 2.45) is 17.3 Å². The summed E-state index contributed by atoms with van der Waals surface area (Å²) >= 11 is 0. The molecule has 7 heteroatoms. The van der Waals surface area contributed by atoms with Crippen LogP contribution in [0.2, 0.25) is 0 Å². The summed E-state index contributed by atoms with van der Waals surface area (Å²) < 4.78 is 13.3. The van der Waals surface area contributed by atoms with Crippen LogP contribution in [-0.4, -0.2) is 61.9 Å². The van der Waals surface area contributed by atoms with Crippen molar-refractivity contribution in [2.45, 2.75) is 83.0 Å². The van der Waals surface area contributed by atoms with E-state index in [1.54, 1.807) is 0 Å². The fourth-order valence-electron chi connectivity index (χ4n) is 6.92. The molecular formula is C26H40BN3O3. The summed E-state index contributed by atoms with van der Waals surface area (Å²) in [6, 6.07) is 10.7. The number of rotatable bonds is 6. The molecule has 6 rings (SSSR count). The number of carbonyl (C=O) groups is 1. The lowest BCUT2D eigenvalue weighted by atomic mass is 9.43. The molecule has 6 atom stereocenters. The molecular weight excluding hydrogens is 413 g/mol. The predicted octanol–water partition coefficient (Wildman–Crippen LogP) is 3.65. The van der Waals surface area contributed by atoms with Crippen LogP contribution in [0.1, 0.15) is 58.4 Å². The number of nitrogens with zero attached hydrogens (tertiary/aromatic N) is 1. The van der Waals surface area contributed by atoms with E-state index in [1.165, 1.54) is 24.8 Å². The van der Waals surface area contributed by atoms with Crippen molar-refractivity contribution in [2.75, 3.05) is 20.1 Å². The van der Waals surface area contributed by atoms with E-state index in [0.717, 1.165) is 19.4 Å². The van der Waals surface area contributed by atoms with Crippen molar-refractivity contribution in [1.82, 2.24) is 15.5 Å². The largest absolute Gasteiger partial charge is 0.482 e. The summed E-state index contributed by atoms with van der Waals surface area (Å²) in [4.78, 5) is 15.0. The first-order valence-electron chi connectivity index (χ1n) is 12.9. The van der Waals surface area contributed by atoms with Gasteiger partial charge in [0.25, 0.3) is 0 Å². The molecule has 2 saturated heterocycles. The first kappa shape index (κ1) is 23.2. The second kappa shape index (κ2) is 8.90. The van der Waals surface area contributed by atoms with Gasteiger partial charge in [-0.1, -0.05) is 50.6 Å². The summed E-state index contributed by atoms with van der Waals surface area (Å²) in [5.41, 5.74) is 1.20. The number of urea groups is 1. The van der Waals surface area contributed by atoms with Gasteiger partial charge in [0.05, 0.1) is 17.6 Å². The fourth-order valence-corrected chi connectivity index (χ4v) is 6.92. The highest BCUT2D eigenvalue weighted by molar-refractivity contribution is 6.48. The minimum atomic E-state index is -0.430. The highest BCUT2D eigenvalue weighted by Gasteiger charge is 2.68. The molecule has 0 aromatic heterocycles. The standard InChI is InChI=1S/C26H40BN3O3/c1-25(2)19-15-21(25)26(3)22(16-19)32-27(33-26)23(14-18-10-6-5-7-11-18)29-24(31)30(4)17-20-12-8-9-13-28-20/h5-7,10-11,19-23,28H,8-9,12-17H2,1-4H3,(H,29,31)/t19-,20+,21-,22+,23-,26-/m0/s1. The van der Waals surface area contributed by atoms with Crippen molar-refractivity contribution < 1.29 is 14.1 Å². The summed E-state index contributed by atoms with van der Waals surface area (Å²) in [5, 5.41) is 6.82. The first-order chi connectivity index (χ1) is 15.8. The molecule has 1 aromatic rings. The summed E-state index contributed by atoms with van der Waals surface area (Å²) in [6.45, 7) is 8.75. The fraction of sp³-hybridized carbons (Fsp3) is 0.731. The number of likely N-dealkylation sites (N-methyl/N-ethyl adjacent to an activating group) is 1. The molecule has 3 saturated carbocycles. The van der Waals surface area contributed by atoms with Gasteiger partial charge in [-0.15, -0.1) is 0 Å². The number of hydrogen-bond acceptors (Lipinski definition) is 4. The average molecular weight is 453 g/mol. The van der Waals surface area contributed by atoms with Gasteiger partial charge < -0.3 is 24.8 Å². The lowest BCUT2D eigenvalue weighted by Gasteiger charge is -2.64. The number of amides is 2. The Morgan fingerprint density at radius 2 is 2.03 bits per heavy atom. The third-order valence-corrected chi connectivity index (χ3v) is 9.16. The maximum atomic E-state index is 13.2. The SMILES string of the molecule is CN(C[C@H]1CCCCN1)C(=O)N[C@@H](Cc1ccccc1)B1O[C@@H]2C[C@@H]3C[C@@H](C3(C)C)[C@]2(C)O1. The molecule has 0 radical (unpaired) electrons. The molecule has 2 amide bonds. The lowest BCUT2D eigenvalue weighted by molar-refractivity contribution is -0.199. The number of benzene rings is 1. The average Bonchev–Trinajstić information content (AvgIpc) is 3.17. The van der Waals surface area contributed by atoms with Gasteiger partial charge in [0.1, 0.15) is 0 Å². The van der Waals surface area contributed by atoms with Gasteiger partial charge in [-0.2, -0.15) is 0 Å². The molecule has 2 heterocycles. The van der Waals surface area contributed by atoms with Crippen molar-refractivity contribution in [1.29, 1.82) is 0 Å². The van der Waals surface area contributed by atoms with E-state index in [9.17, 15) is 4.79 Å². The van der Waals surface area contributed by atoms with Gasteiger partial charge in [-0.3, -0.25) is 0 Å². The van der Waals surface area contributed by atoms with Crippen LogP contribution < -0.4 is 10.6 Å². The smallest absolute Gasteiger partial charge is 0.404 e. The molecule has 33 heavy (non-hydrogen) atoms. The number of hydrogen-bond donors (Lipinski definition) is 2. The Hall–Kier alpha value is -1.57. The molecule has 5 aliphatic rings. The van der Waals surface area contributed by atoms with Crippen molar-refractivity contribution in [3.63, 3.8) is 0 Å². The monoisotopic (exact) mass is 453 g/mol. The maximum Gasteiger partial charge on any atom is 0.482 e. The van der Waals surface area contributed by atoms with E-state index in [0.29, 0.717) is 36.3 Å². The predicted molar refractivity (Wildman–Crippen MR) is 131 cm³/mol. The van der Waals surface area contributed by atoms with E-state index in [4.69, 9.17) is 9.31 Å². The van der Waals surface area contributed by atoms with Crippen molar-refractivity contribution in [3.8, 4) is 0 Å². The van der Waals surface area contributed by atoms with Crippen LogP contribution in [0.3, 0.4) is 0 Å². The van der Waals surface area contributed by atoms with Crippen LogP contribution in [0.5, 0.6) is 0 Å². The first-order valence-corrected chi connectivity index (χ1v) is 12.9. The Labute approximate surface area is 199 Å². The van der Waals surface area contributed by atoms with Gasteiger partial charge in [0.15, 0.2) is 0 Å². The second-order valence-electron chi connectivity index (χ2n) is 11.6. The third kappa shape index (κ3) is 4.32. The topological polar surface area (TPSA) is 62.8 Å². The highest BCUT2D eigenvalue weighted by Crippen LogP contribution is 2.65. The van der Waals surface area contributed by atoms with E-state index >= 15 is 0 Å². The molecule has 2 bridgehead atoms. The lowest BCUT2D eigenvalue weighted by Crippen LogP contribution is -2.65. The molecule has 0 spiro atoms. The minimum Gasteiger partial charge on any atom is -0.404 e. The quantitative estimate of drug-likeness (QED) is 0.646. The van der Waals surface area contributed by atoms with Gasteiger partial charge in [0, 0.05) is 19.6 Å². The summed E-state index contributed by atoms with van der Waals surface area (Å²) in [6.07, 6.45) is 6.65. The molecule has 3 aliphatic carbocycles. The number of nitrogens with one attached hydrogen (secondary N) is 2. The zero-order valence-corrected chi connectivity index (χ0v) is 20.7. The van der Waals surface area contributed by atoms with Gasteiger partial charge >= 0.3 is 13.1 Å². The second-order valence-corrected chi connectivity index (χ2v) is 11.6. The molecule has 5 fully saturated rings. The molecule has 2 N–H and O–H groups in total. The van der Waals surface area contributed by atoms with Gasteiger partial charge in [0.2, 0.25) is 0 Å².